The Morgan fingerprint density at radius 1 is 1.21 bits per heavy atom. The fourth-order valence-electron chi connectivity index (χ4n) is 3.90. The van der Waals surface area contributed by atoms with E-state index in [0.29, 0.717) is 5.75 Å². The van der Waals surface area contributed by atoms with Gasteiger partial charge in [0.15, 0.2) is 0 Å². The molecular formula is C22H33N3O6S2. The zero-order valence-electron chi connectivity index (χ0n) is 19.0. The van der Waals surface area contributed by atoms with Crippen molar-refractivity contribution in [1.29, 1.82) is 0 Å². The van der Waals surface area contributed by atoms with Crippen LogP contribution in [0.4, 0.5) is 4.79 Å². The molecule has 1 amide bonds. The number of aliphatic carboxylic acids is 2. The van der Waals surface area contributed by atoms with Crippen LogP contribution in [0, 0.1) is 0 Å². The van der Waals surface area contributed by atoms with E-state index < -0.39 is 30.1 Å². The first kappa shape index (κ1) is 27.3. The summed E-state index contributed by atoms with van der Waals surface area (Å²) >= 11 is 0. The topological polar surface area (TPSA) is 142 Å². The fraction of sp³-hybridized carbons (Fsp3) is 0.591. The van der Waals surface area contributed by atoms with Crippen molar-refractivity contribution in [2.75, 3.05) is 31.6 Å². The number of likely N-dealkylation sites (N-methyl/N-ethyl adjacent to an activating group) is 1. The predicted molar refractivity (Wildman–Crippen MR) is 131 cm³/mol. The number of carbonyl (C=O) groups is 3. The molecular weight excluding hydrogens is 466 g/mol. The van der Waals surface area contributed by atoms with Crippen LogP contribution in [0.3, 0.4) is 0 Å². The molecule has 0 bridgehead atoms. The molecule has 1 unspecified atom stereocenters. The number of ether oxygens (including phenoxy) is 1. The summed E-state index contributed by atoms with van der Waals surface area (Å²) < 4.78 is 5.41. The van der Waals surface area contributed by atoms with Crippen LogP contribution in [0.2, 0.25) is 0 Å². The number of nitrogens with two attached hydrogens (primary N) is 1. The summed E-state index contributed by atoms with van der Waals surface area (Å²) in [4.78, 5) is 37.0. The van der Waals surface area contributed by atoms with Gasteiger partial charge in [-0.25, -0.2) is 9.59 Å². The quantitative estimate of drug-likeness (QED) is 0.265. The van der Waals surface area contributed by atoms with Crippen molar-refractivity contribution in [1.82, 2.24) is 10.2 Å². The van der Waals surface area contributed by atoms with Gasteiger partial charge in [0.25, 0.3) is 0 Å². The van der Waals surface area contributed by atoms with E-state index in [-0.39, 0.29) is 16.9 Å². The van der Waals surface area contributed by atoms with Gasteiger partial charge in [0.2, 0.25) is 0 Å². The van der Waals surface area contributed by atoms with E-state index in [1.165, 1.54) is 0 Å². The van der Waals surface area contributed by atoms with Gasteiger partial charge in [-0.15, -0.1) is 0 Å². The molecule has 3 atom stereocenters. The smallest absolute Gasteiger partial charge is 0.413 e. The van der Waals surface area contributed by atoms with Crippen molar-refractivity contribution in [3.05, 3.63) is 29.8 Å². The Labute approximate surface area is 202 Å². The standard InChI is InChI=1S/C22H33N3O6S2/c1-3-22(9-4-5-10-25(2)14-22)15-7-6-8-16(11-15)31-21(30)24-18(20(28)29)13-33-32-12-17(23)19(26)27/h6-8,11,17-18H,3-5,9-10,12-14,23H2,1-2H3,(H,24,30)(H,26,27)(H,28,29)/t17-,18-,22?/m0/s1. The summed E-state index contributed by atoms with van der Waals surface area (Å²) in [5.74, 6) is -1.81. The molecule has 1 heterocycles. The maximum Gasteiger partial charge on any atom is 0.413 e. The van der Waals surface area contributed by atoms with E-state index in [2.05, 4.69) is 30.3 Å². The summed E-state index contributed by atoms with van der Waals surface area (Å²) in [7, 11) is 4.39. The van der Waals surface area contributed by atoms with E-state index >= 15 is 0 Å². The second-order valence-electron chi connectivity index (χ2n) is 8.30. The Hall–Kier alpha value is -1.95. The van der Waals surface area contributed by atoms with Crippen molar-refractivity contribution < 1.29 is 29.3 Å². The molecule has 0 saturated carbocycles. The van der Waals surface area contributed by atoms with Crippen molar-refractivity contribution in [3.63, 3.8) is 0 Å². The van der Waals surface area contributed by atoms with E-state index in [9.17, 15) is 19.5 Å². The van der Waals surface area contributed by atoms with E-state index in [4.69, 9.17) is 15.6 Å². The highest BCUT2D eigenvalue weighted by Crippen LogP contribution is 2.37. The summed E-state index contributed by atoms with van der Waals surface area (Å²) in [6.45, 7) is 4.17. The molecule has 1 saturated heterocycles. The number of nitrogens with zero attached hydrogens (tertiary/aromatic N) is 1. The number of hydrogen-bond acceptors (Lipinski definition) is 8. The molecule has 1 aromatic carbocycles. The molecule has 1 aromatic rings. The molecule has 0 spiro atoms. The monoisotopic (exact) mass is 499 g/mol. The molecule has 9 nitrogen and oxygen atoms in total. The predicted octanol–water partition coefficient (Wildman–Crippen LogP) is 2.79. The SMILES string of the molecule is CCC1(c2cccc(OC(=O)N[C@@H](CSSC[C@H](N)C(=O)O)C(=O)O)c2)CCCCN(C)C1. The zero-order valence-corrected chi connectivity index (χ0v) is 20.6. The van der Waals surface area contributed by atoms with Gasteiger partial charge in [0.1, 0.15) is 17.8 Å². The van der Waals surface area contributed by atoms with Gasteiger partial charge in [-0.3, -0.25) is 4.79 Å². The number of hydrogen-bond donors (Lipinski definition) is 4. The molecule has 1 aliphatic rings. The minimum atomic E-state index is -1.21. The number of benzene rings is 1. The second-order valence-corrected chi connectivity index (χ2v) is 10.8. The lowest BCUT2D eigenvalue weighted by Crippen LogP contribution is -2.44. The Morgan fingerprint density at radius 2 is 1.94 bits per heavy atom. The number of amides is 1. The van der Waals surface area contributed by atoms with Gasteiger partial charge >= 0.3 is 18.0 Å². The number of carbonyl (C=O) groups excluding carboxylic acids is 1. The summed E-state index contributed by atoms with van der Waals surface area (Å²) in [5, 5.41) is 20.5. The number of carboxylic acids is 2. The zero-order chi connectivity index (χ0) is 24.4. The van der Waals surface area contributed by atoms with Gasteiger partial charge in [0.05, 0.1) is 0 Å². The minimum Gasteiger partial charge on any atom is -0.480 e. The molecule has 1 aliphatic heterocycles. The van der Waals surface area contributed by atoms with Gasteiger partial charge in [-0.2, -0.15) is 0 Å². The van der Waals surface area contributed by atoms with Crippen molar-refractivity contribution in [3.8, 4) is 5.75 Å². The van der Waals surface area contributed by atoms with Crippen molar-refractivity contribution >= 4 is 39.6 Å². The van der Waals surface area contributed by atoms with Crippen LogP contribution in [0.25, 0.3) is 0 Å². The molecule has 1 fully saturated rings. The molecule has 184 valence electrons. The van der Waals surface area contributed by atoms with Gasteiger partial charge < -0.3 is 30.9 Å². The van der Waals surface area contributed by atoms with Crippen molar-refractivity contribution in [2.45, 2.75) is 50.1 Å². The third-order valence-corrected chi connectivity index (χ3v) is 8.27. The maximum atomic E-state index is 12.4. The summed E-state index contributed by atoms with van der Waals surface area (Å²) in [5.41, 5.74) is 6.51. The first-order chi connectivity index (χ1) is 15.7. The maximum absolute atomic E-state index is 12.4. The molecule has 5 N–H and O–H groups in total. The molecule has 33 heavy (non-hydrogen) atoms. The lowest BCUT2D eigenvalue weighted by Gasteiger charge is -2.35. The number of rotatable bonds is 11. The molecule has 2 rings (SSSR count). The highest BCUT2D eigenvalue weighted by atomic mass is 33.1. The molecule has 11 heteroatoms. The average molecular weight is 500 g/mol. The summed E-state index contributed by atoms with van der Waals surface area (Å²) in [6.07, 6.45) is 3.47. The average Bonchev–Trinajstić information content (AvgIpc) is 2.97. The molecule has 0 aromatic heterocycles. The number of carboxylic acid groups (broad SMARTS) is 2. The highest BCUT2D eigenvalue weighted by molar-refractivity contribution is 8.76. The minimum absolute atomic E-state index is 0.0185. The fourth-order valence-corrected chi connectivity index (χ4v) is 6.17. The van der Waals surface area contributed by atoms with Crippen LogP contribution in [0.1, 0.15) is 38.2 Å². The van der Waals surface area contributed by atoms with E-state index in [1.54, 1.807) is 6.07 Å². The third kappa shape index (κ3) is 8.40. The lowest BCUT2D eigenvalue weighted by molar-refractivity contribution is -0.139. The largest absolute Gasteiger partial charge is 0.480 e. The Kier molecular flexibility index (Phi) is 10.8. The van der Waals surface area contributed by atoms with E-state index in [1.807, 2.05) is 12.1 Å². The van der Waals surface area contributed by atoms with Gasteiger partial charge in [-0.1, -0.05) is 47.1 Å². The normalized spacial score (nSPS) is 20.9. The van der Waals surface area contributed by atoms with Crippen LogP contribution in [0.5, 0.6) is 5.75 Å². The highest BCUT2D eigenvalue weighted by Gasteiger charge is 2.33. The lowest BCUT2D eigenvalue weighted by atomic mass is 9.74. The summed E-state index contributed by atoms with van der Waals surface area (Å²) in [6, 6.07) is 5.25. The second kappa shape index (κ2) is 13.1. The van der Waals surface area contributed by atoms with Crippen LogP contribution in [0.15, 0.2) is 24.3 Å². The Bertz CT molecular complexity index is 827. The van der Waals surface area contributed by atoms with E-state index in [0.717, 1.165) is 65.9 Å². The number of nitrogens with one attached hydrogen (secondary N) is 1. The Morgan fingerprint density at radius 3 is 2.61 bits per heavy atom. The molecule has 0 aliphatic carbocycles. The third-order valence-electron chi connectivity index (χ3n) is 5.82. The van der Waals surface area contributed by atoms with Crippen LogP contribution in [-0.2, 0) is 15.0 Å². The van der Waals surface area contributed by atoms with Gasteiger partial charge in [-0.05, 0) is 50.6 Å². The number of likely N-dealkylation sites (tertiary alicyclic amines) is 1. The van der Waals surface area contributed by atoms with Crippen LogP contribution in [-0.4, -0.2) is 76.9 Å². The first-order valence-corrected chi connectivity index (χ1v) is 13.4. The Balaban J connectivity index is 1.98. The van der Waals surface area contributed by atoms with Crippen molar-refractivity contribution in [2.24, 2.45) is 5.73 Å². The molecule has 0 radical (unpaired) electrons. The van der Waals surface area contributed by atoms with Crippen LogP contribution >= 0.6 is 21.6 Å². The van der Waals surface area contributed by atoms with Gasteiger partial charge in [0, 0.05) is 23.5 Å². The first-order valence-electron chi connectivity index (χ1n) is 10.9. The van der Waals surface area contributed by atoms with Crippen LogP contribution < -0.4 is 15.8 Å².